The highest BCUT2D eigenvalue weighted by Crippen LogP contribution is 2.23. The summed E-state index contributed by atoms with van der Waals surface area (Å²) in [6, 6.07) is 14.8. The second kappa shape index (κ2) is 7.95. The quantitative estimate of drug-likeness (QED) is 0.744. The molecule has 2 nitrogen and oxygen atoms in total. The molecule has 0 aliphatic heterocycles. The van der Waals surface area contributed by atoms with Crippen molar-refractivity contribution in [3.8, 4) is 0 Å². The highest BCUT2D eigenvalue weighted by Gasteiger charge is 2.08. The lowest BCUT2D eigenvalue weighted by Gasteiger charge is -2.17. The summed E-state index contributed by atoms with van der Waals surface area (Å²) < 4.78 is 0. The van der Waals surface area contributed by atoms with Crippen LogP contribution in [-0.2, 0) is 19.3 Å². The van der Waals surface area contributed by atoms with Gasteiger partial charge in [0, 0.05) is 11.4 Å². The van der Waals surface area contributed by atoms with Crippen LogP contribution in [0.3, 0.4) is 0 Å². The first-order valence-corrected chi connectivity index (χ1v) is 8.36. The van der Waals surface area contributed by atoms with Gasteiger partial charge in [0.2, 0.25) is 0 Å². The van der Waals surface area contributed by atoms with Crippen LogP contribution in [0.4, 0.5) is 11.4 Å². The molecule has 0 saturated heterocycles. The van der Waals surface area contributed by atoms with Crippen LogP contribution < -0.4 is 10.6 Å². The Kier molecular flexibility index (Phi) is 5.96. The van der Waals surface area contributed by atoms with E-state index in [0.29, 0.717) is 5.11 Å². The SMILES string of the molecule is CCc1ccc(NC(=S)Nc2c(CC)cccc2CC)cc1. The Labute approximate surface area is 139 Å². The van der Waals surface area contributed by atoms with E-state index in [9.17, 15) is 0 Å². The molecule has 116 valence electrons. The average Bonchev–Trinajstić information content (AvgIpc) is 2.55. The molecule has 0 saturated carbocycles. The lowest BCUT2D eigenvalue weighted by molar-refractivity contribution is 1.09. The van der Waals surface area contributed by atoms with Crippen molar-refractivity contribution >= 4 is 28.7 Å². The van der Waals surface area contributed by atoms with Crippen molar-refractivity contribution in [2.24, 2.45) is 0 Å². The molecular weight excluding hydrogens is 288 g/mol. The Bertz CT molecular complexity index is 610. The number of aryl methyl sites for hydroxylation is 3. The van der Waals surface area contributed by atoms with Crippen LogP contribution in [0.5, 0.6) is 0 Å². The summed E-state index contributed by atoms with van der Waals surface area (Å²) in [5, 5.41) is 7.28. The number of thiocarbonyl (C=S) groups is 1. The molecule has 0 heterocycles. The Balaban J connectivity index is 2.11. The topological polar surface area (TPSA) is 24.1 Å². The van der Waals surface area contributed by atoms with Gasteiger partial charge >= 0.3 is 0 Å². The monoisotopic (exact) mass is 312 g/mol. The van der Waals surface area contributed by atoms with Crippen LogP contribution in [0.1, 0.15) is 37.5 Å². The number of para-hydroxylation sites is 1. The Hall–Kier alpha value is -1.87. The fourth-order valence-electron chi connectivity index (χ4n) is 2.50. The van der Waals surface area contributed by atoms with E-state index in [0.717, 1.165) is 30.6 Å². The molecular formula is C19H24N2S. The van der Waals surface area contributed by atoms with Crippen molar-refractivity contribution in [2.75, 3.05) is 10.6 Å². The highest BCUT2D eigenvalue weighted by atomic mass is 32.1. The van der Waals surface area contributed by atoms with Crippen molar-refractivity contribution < 1.29 is 0 Å². The third-order valence-corrected chi connectivity index (χ3v) is 4.06. The molecule has 0 atom stereocenters. The lowest BCUT2D eigenvalue weighted by Crippen LogP contribution is -2.20. The van der Waals surface area contributed by atoms with E-state index in [1.54, 1.807) is 0 Å². The maximum Gasteiger partial charge on any atom is 0.175 e. The largest absolute Gasteiger partial charge is 0.332 e. The third-order valence-electron chi connectivity index (χ3n) is 3.86. The van der Waals surface area contributed by atoms with Crippen LogP contribution in [0, 0.1) is 0 Å². The number of hydrogen-bond donors (Lipinski definition) is 2. The molecule has 22 heavy (non-hydrogen) atoms. The zero-order chi connectivity index (χ0) is 15.9. The summed E-state index contributed by atoms with van der Waals surface area (Å²) >= 11 is 5.47. The molecule has 3 heteroatoms. The minimum Gasteiger partial charge on any atom is -0.332 e. The molecule has 0 fully saturated rings. The first-order valence-electron chi connectivity index (χ1n) is 7.95. The van der Waals surface area contributed by atoms with Crippen LogP contribution in [0.2, 0.25) is 0 Å². The standard InChI is InChI=1S/C19H24N2S/c1-4-14-10-12-17(13-11-14)20-19(22)21-18-15(5-2)8-7-9-16(18)6-3/h7-13H,4-6H2,1-3H3,(H2,20,21,22). The van der Waals surface area contributed by atoms with Crippen LogP contribution in [0.25, 0.3) is 0 Å². The van der Waals surface area contributed by atoms with E-state index in [-0.39, 0.29) is 0 Å². The normalized spacial score (nSPS) is 10.3. The Morgan fingerprint density at radius 2 is 1.41 bits per heavy atom. The van der Waals surface area contributed by atoms with Gasteiger partial charge in [0.25, 0.3) is 0 Å². The van der Waals surface area contributed by atoms with Gasteiger partial charge in [-0.25, -0.2) is 0 Å². The highest BCUT2D eigenvalue weighted by molar-refractivity contribution is 7.80. The minimum absolute atomic E-state index is 0.639. The van der Waals surface area contributed by atoms with Crippen molar-refractivity contribution in [1.82, 2.24) is 0 Å². The fourth-order valence-corrected chi connectivity index (χ4v) is 2.72. The van der Waals surface area contributed by atoms with Crippen LogP contribution in [0.15, 0.2) is 42.5 Å². The first kappa shape index (κ1) is 16.5. The van der Waals surface area contributed by atoms with Gasteiger partial charge in [0.15, 0.2) is 5.11 Å². The van der Waals surface area contributed by atoms with Crippen molar-refractivity contribution in [3.63, 3.8) is 0 Å². The molecule has 0 amide bonds. The molecule has 2 N–H and O–H groups in total. The van der Waals surface area contributed by atoms with Crippen molar-refractivity contribution in [1.29, 1.82) is 0 Å². The molecule has 2 rings (SSSR count). The molecule has 0 bridgehead atoms. The van der Waals surface area contributed by atoms with Gasteiger partial charge < -0.3 is 10.6 Å². The second-order valence-corrected chi connectivity index (χ2v) is 5.70. The summed E-state index contributed by atoms with van der Waals surface area (Å²) in [5.74, 6) is 0. The molecule has 0 aliphatic rings. The minimum atomic E-state index is 0.639. The number of rotatable bonds is 5. The van der Waals surface area contributed by atoms with Crippen LogP contribution >= 0.6 is 12.2 Å². The summed E-state index contributed by atoms with van der Waals surface area (Å²) in [4.78, 5) is 0. The average molecular weight is 312 g/mol. The predicted octanol–water partition coefficient (Wildman–Crippen LogP) is 5.18. The number of anilines is 2. The van der Waals surface area contributed by atoms with E-state index in [1.165, 1.54) is 16.7 Å². The molecule has 0 spiro atoms. The zero-order valence-electron chi connectivity index (χ0n) is 13.6. The maximum absolute atomic E-state index is 5.47. The summed E-state index contributed by atoms with van der Waals surface area (Å²) in [6.07, 6.45) is 3.03. The van der Waals surface area contributed by atoms with Crippen molar-refractivity contribution in [2.45, 2.75) is 40.0 Å². The second-order valence-electron chi connectivity index (χ2n) is 5.29. The molecule has 0 aromatic heterocycles. The first-order chi connectivity index (χ1) is 10.7. The van der Waals surface area contributed by atoms with Gasteiger partial charge in [0.1, 0.15) is 0 Å². The molecule has 2 aromatic rings. The lowest BCUT2D eigenvalue weighted by atomic mass is 10.0. The van der Waals surface area contributed by atoms with E-state index in [2.05, 4.69) is 73.9 Å². The maximum atomic E-state index is 5.47. The fraction of sp³-hybridized carbons (Fsp3) is 0.316. The molecule has 2 aromatic carbocycles. The van der Waals surface area contributed by atoms with Gasteiger partial charge in [-0.2, -0.15) is 0 Å². The predicted molar refractivity (Wildman–Crippen MR) is 101 cm³/mol. The molecule has 0 unspecified atom stereocenters. The number of nitrogens with one attached hydrogen (secondary N) is 2. The van der Waals surface area contributed by atoms with Crippen LogP contribution in [-0.4, -0.2) is 5.11 Å². The smallest absolute Gasteiger partial charge is 0.175 e. The number of benzene rings is 2. The zero-order valence-corrected chi connectivity index (χ0v) is 14.4. The van der Waals surface area contributed by atoms with Gasteiger partial charge in [-0.15, -0.1) is 0 Å². The molecule has 0 aliphatic carbocycles. The number of hydrogen-bond acceptors (Lipinski definition) is 1. The summed E-state index contributed by atoms with van der Waals surface area (Å²) in [7, 11) is 0. The summed E-state index contributed by atoms with van der Waals surface area (Å²) in [5.41, 5.74) is 6.08. The van der Waals surface area contributed by atoms with E-state index >= 15 is 0 Å². The van der Waals surface area contributed by atoms with E-state index in [1.807, 2.05) is 0 Å². The van der Waals surface area contributed by atoms with Gasteiger partial charge in [0.05, 0.1) is 0 Å². The summed E-state index contributed by atoms with van der Waals surface area (Å²) in [6.45, 7) is 6.49. The molecule has 0 radical (unpaired) electrons. The van der Waals surface area contributed by atoms with E-state index in [4.69, 9.17) is 12.2 Å². The van der Waals surface area contributed by atoms with Gasteiger partial charge in [-0.1, -0.05) is 51.1 Å². The van der Waals surface area contributed by atoms with E-state index < -0.39 is 0 Å². The Morgan fingerprint density at radius 3 is 1.91 bits per heavy atom. The Morgan fingerprint density at radius 1 is 0.818 bits per heavy atom. The third kappa shape index (κ3) is 4.08. The van der Waals surface area contributed by atoms with Gasteiger partial charge in [-0.3, -0.25) is 0 Å². The van der Waals surface area contributed by atoms with Crippen molar-refractivity contribution in [3.05, 3.63) is 59.2 Å². The van der Waals surface area contributed by atoms with Gasteiger partial charge in [-0.05, 0) is 60.3 Å².